The number of aromatic nitrogens is 3. The molecule has 258 valence electrons. The highest BCUT2D eigenvalue weighted by Gasteiger charge is 2.26. The van der Waals surface area contributed by atoms with Gasteiger partial charge in [0.2, 0.25) is 0 Å². The highest BCUT2D eigenvalue weighted by Crippen LogP contribution is 2.45. The van der Waals surface area contributed by atoms with E-state index in [0.29, 0.717) is 23.7 Å². The van der Waals surface area contributed by atoms with E-state index in [1.54, 1.807) is 0 Å². The molecule has 0 radical (unpaired) electrons. The topological polar surface area (TPSA) is 24.3 Å². The number of H-pyrrole nitrogens is 1. The molecular formula is C49H48N3+. The molecule has 0 atom stereocenters. The second kappa shape index (κ2) is 12.1. The van der Waals surface area contributed by atoms with E-state index in [1.807, 2.05) is 0 Å². The van der Waals surface area contributed by atoms with Gasteiger partial charge in [-0.15, -0.1) is 9.03 Å². The van der Waals surface area contributed by atoms with Gasteiger partial charge in [0.15, 0.2) is 16.6 Å². The molecule has 3 heteroatoms. The predicted octanol–water partition coefficient (Wildman–Crippen LogP) is 13.4. The summed E-state index contributed by atoms with van der Waals surface area (Å²) in [6.45, 7) is 18.5. The van der Waals surface area contributed by atoms with Gasteiger partial charge in [-0.25, -0.2) is 0 Å². The van der Waals surface area contributed by atoms with Gasteiger partial charge in [0.05, 0.1) is 0 Å². The zero-order chi connectivity index (χ0) is 36.0. The van der Waals surface area contributed by atoms with Crippen molar-refractivity contribution in [2.24, 2.45) is 0 Å². The minimum absolute atomic E-state index is 0.419. The zero-order valence-electron chi connectivity index (χ0n) is 31.7. The van der Waals surface area contributed by atoms with Gasteiger partial charge in [-0.2, -0.15) is 0 Å². The van der Waals surface area contributed by atoms with Crippen molar-refractivity contribution >= 4 is 54.3 Å². The van der Waals surface area contributed by atoms with Crippen LogP contribution in [0.15, 0.2) is 115 Å². The summed E-state index contributed by atoms with van der Waals surface area (Å²) < 4.78 is 4.58. The molecule has 9 rings (SSSR count). The van der Waals surface area contributed by atoms with E-state index in [1.165, 1.54) is 93.2 Å². The van der Waals surface area contributed by atoms with Gasteiger partial charge >= 0.3 is 0 Å². The van der Waals surface area contributed by atoms with Gasteiger partial charge in [-0.05, 0) is 115 Å². The fourth-order valence-electron chi connectivity index (χ4n) is 9.07. The monoisotopic (exact) mass is 678 g/mol. The minimum Gasteiger partial charge on any atom is -0.134 e. The Kier molecular flexibility index (Phi) is 7.55. The summed E-state index contributed by atoms with van der Waals surface area (Å²) in [5, 5.41) is 12.9. The molecule has 0 aliphatic heterocycles. The number of nitrogens with zero attached hydrogens (tertiary/aromatic N) is 2. The maximum absolute atomic E-state index is 3.91. The van der Waals surface area contributed by atoms with Crippen molar-refractivity contribution in [3.8, 4) is 22.3 Å². The molecule has 0 saturated carbocycles. The van der Waals surface area contributed by atoms with Crippen molar-refractivity contribution in [3.63, 3.8) is 0 Å². The average Bonchev–Trinajstić information content (AvgIpc) is 3.39. The molecule has 0 aliphatic rings. The molecule has 0 amide bonds. The molecule has 0 unspecified atom stereocenters. The summed E-state index contributed by atoms with van der Waals surface area (Å²) in [6, 6.07) is 41.5. The summed E-state index contributed by atoms with van der Waals surface area (Å²) in [5.74, 6) is 1.69. The van der Waals surface area contributed by atoms with Gasteiger partial charge in [0.1, 0.15) is 6.20 Å². The van der Waals surface area contributed by atoms with Crippen LogP contribution in [0.3, 0.4) is 0 Å². The molecule has 3 aromatic heterocycles. The lowest BCUT2D eigenvalue weighted by molar-refractivity contribution is -0.586. The quantitative estimate of drug-likeness (QED) is 0.134. The molecule has 3 nitrogen and oxygen atoms in total. The van der Waals surface area contributed by atoms with Crippen LogP contribution in [0.4, 0.5) is 0 Å². The molecule has 0 bridgehead atoms. The minimum atomic E-state index is 0.419. The fraction of sp³-hybridized carbons (Fsp3) is 0.245. The Hall–Kier alpha value is -5.41. The second-order valence-corrected chi connectivity index (χ2v) is 16.1. The summed E-state index contributed by atoms with van der Waals surface area (Å²) in [6.07, 6.45) is 2.23. The summed E-state index contributed by atoms with van der Waals surface area (Å²) in [4.78, 5) is 0. The zero-order valence-corrected chi connectivity index (χ0v) is 31.7. The van der Waals surface area contributed by atoms with Crippen LogP contribution in [0, 0.1) is 0 Å². The maximum atomic E-state index is 3.91. The molecule has 6 aromatic carbocycles. The molecule has 0 fully saturated rings. The number of benzene rings is 6. The smallest absolute Gasteiger partial charge is 0.134 e. The predicted molar refractivity (Wildman–Crippen MR) is 222 cm³/mol. The van der Waals surface area contributed by atoms with Crippen LogP contribution in [0.5, 0.6) is 0 Å². The van der Waals surface area contributed by atoms with Crippen molar-refractivity contribution in [2.45, 2.75) is 79.1 Å². The van der Waals surface area contributed by atoms with E-state index in [2.05, 4.69) is 185 Å². The number of hydrogen-bond donors (Lipinski definition) is 1. The third kappa shape index (κ3) is 4.75. The summed E-state index contributed by atoms with van der Waals surface area (Å²) >= 11 is 0. The number of rotatable bonds is 6. The normalized spacial score (nSPS) is 12.5. The molecule has 0 spiro atoms. The highest BCUT2D eigenvalue weighted by molar-refractivity contribution is 6.35. The van der Waals surface area contributed by atoms with Gasteiger partial charge in [-0.3, -0.25) is 0 Å². The SMILES string of the molecule is CC(C)c1cccc(C(C)C)c1-c1ccc2c(c1)c1c3ccccc3c3cccc4c3c1n2[nH][n+]1ccc(-c2c(C(C)C)cccc2C(C)C)cc41. The van der Waals surface area contributed by atoms with Crippen LogP contribution >= 0.6 is 0 Å². The van der Waals surface area contributed by atoms with Crippen molar-refractivity contribution in [1.82, 2.24) is 9.73 Å². The lowest BCUT2D eigenvalue weighted by atomic mass is 9.84. The molecule has 0 aliphatic carbocycles. The van der Waals surface area contributed by atoms with Gasteiger partial charge < -0.3 is 0 Å². The van der Waals surface area contributed by atoms with Crippen LogP contribution in [-0.4, -0.2) is 9.73 Å². The molecule has 9 aromatic rings. The Labute approximate surface area is 306 Å². The van der Waals surface area contributed by atoms with Gasteiger partial charge in [0.25, 0.3) is 0 Å². The maximum Gasteiger partial charge on any atom is 0.170 e. The molecule has 1 N–H and O–H groups in total. The van der Waals surface area contributed by atoms with Gasteiger partial charge in [-0.1, -0.05) is 139 Å². The van der Waals surface area contributed by atoms with E-state index < -0.39 is 0 Å². The standard InChI is InChI=1S/C49H48N3/c1-28(2)34-16-11-17-35(29(3)4)45(34)32-22-23-43-42(26-32)48-39-15-10-9-14-38(39)40-20-13-21-41-44-27-33(24-25-51(44)50-52(43)49(48)47(40)41)46-36(30(5)6)18-12-19-37(46)31(7)8/h9-31,50H,1-8H3/q+1. The largest absolute Gasteiger partial charge is 0.170 e. The van der Waals surface area contributed by atoms with Crippen molar-refractivity contribution < 1.29 is 4.52 Å². The Morgan fingerprint density at radius 2 is 0.942 bits per heavy atom. The number of aromatic amines is 1. The van der Waals surface area contributed by atoms with Crippen molar-refractivity contribution in [3.05, 3.63) is 138 Å². The summed E-state index contributed by atoms with van der Waals surface area (Å²) in [5.41, 5.74) is 14.5. The van der Waals surface area contributed by atoms with E-state index in [9.17, 15) is 0 Å². The molecular weight excluding hydrogens is 631 g/mol. The van der Waals surface area contributed by atoms with E-state index in [4.69, 9.17) is 0 Å². The highest BCUT2D eigenvalue weighted by atomic mass is 15.4. The fourth-order valence-corrected chi connectivity index (χ4v) is 9.07. The van der Waals surface area contributed by atoms with Crippen LogP contribution in [-0.2, 0) is 0 Å². The van der Waals surface area contributed by atoms with Crippen LogP contribution in [0.25, 0.3) is 76.5 Å². The van der Waals surface area contributed by atoms with E-state index in [-0.39, 0.29) is 0 Å². The lowest BCUT2D eigenvalue weighted by Gasteiger charge is -2.20. The summed E-state index contributed by atoms with van der Waals surface area (Å²) in [7, 11) is 0. The first-order valence-corrected chi connectivity index (χ1v) is 19.1. The van der Waals surface area contributed by atoms with E-state index >= 15 is 0 Å². The number of nitrogens with one attached hydrogen (secondary N) is 1. The van der Waals surface area contributed by atoms with Crippen LogP contribution < -0.4 is 4.52 Å². The Bertz CT molecular complexity index is 2810. The Balaban J connectivity index is 1.45. The lowest BCUT2D eigenvalue weighted by Crippen LogP contribution is -2.26. The second-order valence-electron chi connectivity index (χ2n) is 16.1. The Morgan fingerprint density at radius 1 is 0.462 bits per heavy atom. The van der Waals surface area contributed by atoms with E-state index in [0.717, 1.165) is 5.52 Å². The van der Waals surface area contributed by atoms with Crippen LogP contribution in [0.1, 0.15) is 101 Å². The number of fused-ring (bicyclic) bond motifs is 8. The Morgan fingerprint density at radius 3 is 1.52 bits per heavy atom. The third-order valence-electron chi connectivity index (χ3n) is 11.5. The molecule has 52 heavy (non-hydrogen) atoms. The number of pyridine rings is 1. The van der Waals surface area contributed by atoms with Crippen molar-refractivity contribution in [2.75, 3.05) is 0 Å². The number of hydrogen-bond acceptors (Lipinski definition) is 0. The first kappa shape index (κ1) is 32.5. The third-order valence-corrected chi connectivity index (χ3v) is 11.5. The molecule has 0 saturated heterocycles. The average molecular weight is 679 g/mol. The first-order chi connectivity index (χ1) is 25.1. The first-order valence-electron chi connectivity index (χ1n) is 19.1. The van der Waals surface area contributed by atoms with Crippen LogP contribution in [0.2, 0.25) is 0 Å². The van der Waals surface area contributed by atoms with Crippen molar-refractivity contribution in [1.29, 1.82) is 0 Å². The molecule has 3 heterocycles. The van der Waals surface area contributed by atoms with Gasteiger partial charge in [0, 0.05) is 21.5 Å².